The van der Waals surface area contributed by atoms with E-state index in [4.69, 9.17) is 28.5 Å². The van der Waals surface area contributed by atoms with Crippen LogP contribution in [0.4, 0.5) is 0 Å². The number of rotatable bonds is 0. The van der Waals surface area contributed by atoms with Crippen LogP contribution in [-0.4, -0.2) is 9.97 Å². The monoisotopic (exact) mass is 223 g/mol. The number of aromatic nitrogens is 2. The van der Waals surface area contributed by atoms with E-state index < -0.39 is 0 Å². The summed E-state index contributed by atoms with van der Waals surface area (Å²) in [6.45, 7) is 0. The van der Waals surface area contributed by atoms with Gasteiger partial charge in [0.25, 0.3) is 0 Å². The fourth-order valence-electron chi connectivity index (χ4n) is 1.12. The highest BCUT2D eigenvalue weighted by atomic mass is 35.5. The summed E-state index contributed by atoms with van der Waals surface area (Å²) in [7, 11) is 0. The van der Waals surface area contributed by atoms with Crippen LogP contribution in [0.5, 0.6) is 0 Å². The average Bonchev–Trinajstić information content (AvgIpc) is 2.18. The summed E-state index contributed by atoms with van der Waals surface area (Å²) in [6, 6.07) is 5.36. The molecule has 0 aromatic carbocycles. The smallest absolute Gasteiger partial charge is 0.149 e. The van der Waals surface area contributed by atoms with Crippen LogP contribution in [0.3, 0.4) is 0 Å². The van der Waals surface area contributed by atoms with Gasteiger partial charge in [-0.1, -0.05) is 23.2 Å². The summed E-state index contributed by atoms with van der Waals surface area (Å²) in [5.74, 6) is 0. The summed E-state index contributed by atoms with van der Waals surface area (Å²) in [5, 5.41) is 9.13. The quantitative estimate of drug-likeness (QED) is 0.646. The molecule has 0 spiro atoms. The molecule has 0 fully saturated rings. The number of hydrogen-bond acceptors (Lipinski definition) is 3. The number of pyridine rings is 2. The third kappa shape index (κ3) is 1.29. The predicted octanol–water partition coefficient (Wildman–Crippen LogP) is 2.81. The summed E-state index contributed by atoms with van der Waals surface area (Å²) >= 11 is 11.7. The maximum absolute atomic E-state index is 8.77. The molecule has 0 aliphatic carbocycles. The zero-order chi connectivity index (χ0) is 10.1. The number of nitrogens with zero attached hydrogens (tertiary/aromatic N) is 3. The Morgan fingerprint density at radius 2 is 2.14 bits per heavy atom. The summed E-state index contributed by atoms with van der Waals surface area (Å²) in [5.41, 5.74) is 1.25. The molecule has 0 radical (unpaired) electrons. The minimum Gasteiger partial charge on any atom is -0.253 e. The SMILES string of the molecule is N#Cc1c(Cl)nc2cccnc2c1Cl. The van der Waals surface area contributed by atoms with Gasteiger partial charge in [0.1, 0.15) is 22.3 Å². The number of halogens is 2. The molecule has 14 heavy (non-hydrogen) atoms. The van der Waals surface area contributed by atoms with Crippen molar-refractivity contribution in [3.63, 3.8) is 0 Å². The topological polar surface area (TPSA) is 49.6 Å². The van der Waals surface area contributed by atoms with Crippen molar-refractivity contribution in [3.05, 3.63) is 34.1 Å². The molecular formula is C9H3Cl2N3. The lowest BCUT2D eigenvalue weighted by Crippen LogP contribution is -1.89. The van der Waals surface area contributed by atoms with Gasteiger partial charge in [-0.2, -0.15) is 5.26 Å². The largest absolute Gasteiger partial charge is 0.253 e. The molecule has 0 N–H and O–H groups in total. The Morgan fingerprint density at radius 3 is 2.86 bits per heavy atom. The van der Waals surface area contributed by atoms with Gasteiger partial charge in [-0.3, -0.25) is 4.98 Å². The average molecular weight is 224 g/mol. The number of fused-ring (bicyclic) bond motifs is 1. The molecule has 2 heterocycles. The van der Waals surface area contributed by atoms with Gasteiger partial charge in [0.2, 0.25) is 0 Å². The summed E-state index contributed by atoms with van der Waals surface area (Å²) in [4.78, 5) is 8.03. The Balaban J connectivity index is 2.95. The van der Waals surface area contributed by atoms with E-state index in [1.54, 1.807) is 18.3 Å². The van der Waals surface area contributed by atoms with Gasteiger partial charge >= 0.3 is 0 Å². The van der Waals surface area contributed by atoms with E-state index in [0.717, 1.165) is 0 Å². The van der Waals surface area contributed by atoms with Crippen LogP contribution in [-0.2, 0) is 0 Å². The first kappa shape index (κ1) is 9.20. The molecular weight excluding hydrogens is 221 g/mol. The van der Waals surface area contributed by atoms with Gasteiger partial charge in [-0.05, 0) is 12.1 Å². The van der Waals surface area contributed by atoms with Crippen molar-refractivity contribution >= 4 is 34.2 Å². The third-order valence-corrected chi connectivity index (χ3v) is 2.39. The van der Waals surface area contributed by atoms with E-state index in [9.17, 15) is 0 Å². The van der Waals surface area contributed by atoms with Crippen molar-refractivity contribution in [1.82, 2.24) is 9.97 Å². The highest BCUT2D eigenvalue weighted by Gasteiger charge is 2.11. The molecule has 5 heteroatoms. The molecule has 2 rings (SSSR count). The Morgan fingerprint density at radius 1 is 1.36 bits per heavy atom. The molecule has 0 unspecified atom stereocenters. The standard InChI is InChI=1S/C9H3Cl2N3/c10-7-5(4-12)9(11)14-6-2-1-3-13-8(6)7/h1-3H. The third-order valence-electron chi connectivity index (χ3n) is 1.75. The van der Waals surface area contributed by atoms with E-state index in [1.165, 1.54) is 0 Å². The number of nitriles is 1. The Bertz CT molecular complexity index is 545. The first-order chi connectivity index (χ1) is 6.74. The predicted molar refractivity (Wildman–Crippen MR) is 54.3 cm³/mol. The number of hydrogen-bond donors (Lipinski definition) is 0. The molecule has 3 nitrogen and oxygen atoms in total. The first-order valence-electron chi connectivity index (χ1n) is 3.74. The van der Waals surface area contributed by atoms with Crippen LogP contribution in [0.15, 0.2) is 18.3 Å². The fourth-order valence-corrected chi connectivity index (χ4v) is 1.68. The van der Waals surface area contributed by atoms with Crippen LogP contribution in [0.25, 0.3) is 11.0 Å². The second-order valence-electron chi connectivity index (χ2n) is 2.57. The van der Waals surface area contributed by atoms with E-state index in [2.05, 4.69) is 9.97 Å². The maximum atomic E-state index is 8.77. The molecule has 0 amide bonds. The fraction of sp³-hybridized carbons (Fsp3) is 0. The van der Waals surface area contributed by atoms with Crippen LogP contribution in [0.2, 0.25) is 10.2 Å². The molecule has 0 saturated heterocycles. The molecule has 0 bridgehead atoms. The van der Waals surface area contributed by atoms with E-state index in [0.29, 0.717) is 11.0 Å². The van der Waals surface area contributed by atoms with Crippen LogP contribution < -0.4 is 0 Å². The Labute approximate surface area is 89.9 Å². The van der Waals surface area contributed by atoms with Crippen molar-refractivity contribution in [2.45, 2.75) is 0 Å². The minimum atomic E-state index is 0.109. The van der Waals surface area contributed by atoms with Crippen LogP contribution in [0.1, 0.15) is 5.56 Å². The molecule has 2 aromatic rings. The van der Waals surface area contributed by atoms with Gasteiger partial charge in [-0.15, -0.1) is 0 Å². The zero-order valence-corrected chi connectivity index (χ0v) is 8.34. The van der Waals surface area contributed by atoms with Crippen molar-refractivity contribution in [2.75, 3.05) is 0 Å². The second-order valence-corrected chi connectivity index (χ2v) is 3.31. The van der Waals surface area contributed by atoms with Crippen molar-refractivity contribution < 1.29 is 0 Å². The van der Waals surface area contributed by atoms with Gasteiger partial charge < -0.3 is 0 Å². The zero-order valence-electron chi connectivity index (χ0n) is 6.83. The van der Waals surface area contributed by atoms with Crippen molar-refractivity contribution in [2.24, 2.45) is 0 Å². The first-order valence-corrected chi connectivity index (χ1v) is 4.49. The van der Waals surface area contributed by atoms with Gasteiger partial charge in [0.05, 0.1) is 10.5 Å². The lowest BCUT2D eigenvalue weighted by Gasteiger charge is -2.01. The van der Waals surface area contributed by atoms with Crippen molar-refractivity contribution in [1.29, 1.82) is 5.26 Å². The van der Waals surface area contributed by atoms with Gasteiger partial charge in [-0.25, -0.2) is 4.98 Å². The lowest BCUT2D eigenvalue weighted by atomic mass is 10.2. The minimum absolute atomic E-state index is 0.109. The molecule has 68 valence electrons. The Hall–Kier alpha value is -1.37. The van der Waals surface area contributed by atoms with Gasteiger partial charge in [0, 0.05) is 6.20 Å². The molecule has 0 saturated carbocycles. The molecule has 2 aromatic heterocycles. The lowest BCUT2D eigenvalue weighted by molar-refractivity contribution is 1.32. The van der Waals surface area contributed by atoms with Crippen molar-refractivity contribution in [3.8, 4) is 6.07 Å². The van der Waals surface area contributed by atoms with Crippen LogP contribution in [0, 0.1) is 11.3 Å². The highest BCUT2D eigenvalue weighted by molar-refractivity contribution is 6.39. The second kappa shape index (κ2) is 3.41. The molecule has 0 aliphatic rings. The summed E-state index contributed by atoms with van der Waals surface area (Å²) < 4.78 is 0. The molecule has 0 aliphatic heterocycles. The van der Waals surface area contributed by atoms with Gasteiger partial charge in [0.15, 0.2) is 0 Å². The normalized spacial score (nSPS) is 10.1. The van der Waals surface area contributed by atoms with E-state index >= 15 is 0 Å². The molecule has 0 atom stereocenters. The highest BCUT2D eigenvalue weighted by Crippen LogP contribution is 2.28. The van der Waals surface area contributed by atoms with E-state index in [1.807, 2.05) is 6.07 Å². The maximum Gasteiger partial charge on any atom is 0.149 e. The van der Waals surface area contributed by atoms with Crippen LogP contribution >= 0.6 is 23.2 Å². The summed E-state index contributed by atoms with van der Waals surface area (Å²) in [6.07, 6.45) is 1.59. The Kier molecular flexibility index (Phi) is 2.24. The van der Waals surface area contributed by atoms with E-state index in [-0.39, 0.29) is 15.7 Å².